The highest BCUT2D eigenvalue weighted by molar-refractivity contribution is 5.92. The number of hydrogen-bond donors (Lipinski definition) is 0. The SMILES string of the molecule is COc1ccc(/C=C/C(=O)N(Cc2nc(-c3cccc(C)c3)no2)C(C)C)cc1OC. The summed E-state index contributed by atoms with van der Waals surface area (Å²) >= 11 is 0. The summed E-state index contributed by atoms with van der Waals surface area (Å²) in [7, 11) is 3.16. The fourth-order valence-electron chi connectivity index (χ4n) is 3.10. The van der Waals surface area contributed by atoms with Gasteiger partial charge in [-0.15, -0.1) is 0 Å². The molecule has 0 N–H and O–H groups in total. The summed E-state index contributed by atoms with van der Waals surface area (Å²) in [6.45, 7) is 6.12. The molecule has 3 rings (SSSR count). The summed E-state index contributed by atoms with van der Waals surface area (Å²) in [6.07, 6.45) is 3.27. The summed E-state index contributed by atoms with van der Waals surface area (Å²) in [4.78, 5) is 19.0. The van der Waals surface area contributed by atoms with Crippen LogP contribution in [0.3, 0.4) is 0 Å². The van der Waals surface area contributed by atoms with Gasteiger partial charge in [-0.25, -0.2) is 0 Å². The molecule has 2 aromatic carbocycles. The molecule has 0 spiro atoms. The summed E-state index contributed by atoms with van der Waals surface area (Å²) in [5, 5.41) is 4.06. The first-order valence-electron chi connectivity index (χ1n) is 10.0. The number of methoxy groups -OCH3 is 2. The van der Waals surface area contributed by atoms with E-state index in [0.29, 0.717) is 23.2 Å². The van der Waals surface area contributed by atoms with Crippen molar-refractivity contribution in [3.8, 4) is 22.9 Å². The van der Waals surface area contributed by atoms with Crippen LogP contribution in [-0.4, -0.2) is 41.2 Å². The van der Waals surface area contributed by atoms with Gasteiger partial charge in [-0.05, 0) is 50.6 Å². The van der Waals surface area contributed by atoms with Gasteiger partial charge in [0.05, 0.1) is 14.2 Å². The first-order chi connectivity index (χ1) is 14.9. The predicted octanol–water partition coefficient (Wildman–Crippen LogP) is 4.51. The van der Waals surface area contributed by atoms with Crippen LogP contribution in [0.4, 0.5) is 0 Å². The second-order valence-corrected chi connectivity index (χ2v) is 7.39. The zero-order valence-corrected chi connectivity index (χ0v) is 18.5. The van der Waals surface area contributed by atoms with E-state index in [9.17, 15) is 4.79 Å². The van der Waals surface area contributed by atoms with Crippen LogP contribution in [0.5, 0.6) is 11.5 Å². The van der Waals surface area contributed by atoms with Crippen LogP contribution in [0.25, 0.3) is 17.5 Å². The van der Waals surface area contributed by atoms with Crippen LogP contribution in [0.15, 0.2) is 53.1 Å². The number of carbonyl (C=O) groups is 1. The minimum Gasteiger partial charge on any atom is -0.493 e. The molecule has 0 aliphatic rings. The number of amides is 1. The van der Waals surface area contributed by atoms with E-state index in [4.69, 9.17) is 14.0 Å². The molecule has 0 saturated carbocycles. The molecule has 0 unspecified atom stereocenters. The average Bonchev–Trinajstić information content (AvgIpc) is 3.24. The van der Waals surface area contributed by atoms with Crippen molar-refractivity contribution in [3.63, 3.8) is 0 Å². The lowest BCUT2D eigenvalue weighted by Crippen LogP contribution is -2.35. The van der Waals surface area contributed by atoms with Crippen LogP contribution < -0.4 is 9.47 Å². The van der Waals surface area contributed by atoms with E-state index in [1.807, 2.05) is 57.2 Å². The second-order valence-electron chi connectivity index (χ2n) is 7.39. The predicted molar refractivity (Wildman–Crippen MR) is 119 cm³/mol. The Balaban J connectivity index is 1.74. The number of carbonyl (C=O) groups excluding carboxylic acids is 1. The number of nitrogens with zero attached hydrogens (tertiary/aromatic N) is 3. The third-order valence-electron chi connectivity index (χ3n) is 4.78. The highest BCUT2D eigenvalue weighted by atomic mass is 16.5. The van der Waals surface area contributed by atoms with E-state index in [0.717, 1.165) is 16.7 Å². The number of benzene rings is 2. The van der Waals surface area contributed by atoms with Crippen LogP contribution in [0, 0.1) is 6.92 Å². The molecular formula is C24H27N3O4. The topological polar surface area (TPSA) is 77.7 Å². The van der Waals surface area contributed by atoms with E-state index < -0.39 is 0 Å². The van der Waals surface area contributed by atoms with Crippen molar-refractivity contribution in [1.29, 1.82) is 0 Å². The normalized spacial score (nSPS) is 11.2. The molecule has 31 heavy (non-hydrogen) atoms. The number of aromatic nitrogens is 2. The molecule has 1 heterocycles. The van der Waals surface area contributed by atoms with Gasteiger partial charge in [-0.2, -0.15) is 4.98 Å². The molecule has 7 nitrogen and oxygen atoms in total. The van der Waals surface area contributed by atoms with Gasteiger partial charge in [0.2, 0.25) is 17.6 Å². The highest BCUT2D eigenvalue weighted by Crippen LogP contribution is 2.28. The average molecular weight is 421 g/mol. The van der Waals surface area contributed by atoms with E-state index in [-0.39, 0.29) is 18.5 Å². The Hall–Kier alpha value is -3.61. The number of ether oxygens (including phenoxy) is 2. The summed E-state index contributed by atoms with van der Waals surface area (Å²) in [6, 6.07) is 13.3. The summed E-state index contributed by atoms with van der Waals surface area (Å²) in [5.41, 5.74) is 2.82. The molecule has 7 heteroatoms. The van der Waals surface area contributed by atoms with Crippen molar-refractivity contribution in [2.24, 2.45) is 0 Å². The quantitative estimate of drug-likeness (QED) is 0.498. The van der Waals surface area contributed by atoms with E-state index in [2.05, 4.69) is 10.1 Å². The molecule has 3 aromatic rings. The van der Waals surface area contributed by atoms with Gasteiger partial charge in [0.1, 0.15) is 6.54 Å². The smallest absolute Gasteiger partial charge is 0.247 e. The van der Waals surface area contributed by atoms with Crippen LogP contribution in [0.2, 0.25) is 0 Å². The standard InChI is InChI=1S/C24H27N3O4/c1-16(2)27(15-22-25-24(26-31-22)19-8-6-7-17(3)13-19)23(28)12-10-18-9-11-20(29-4)21(14-18)30-5/h6-14,16H,15H2,1-5H3/b12-10+. The first kappa shape index (κ1) is 22.1. The van der Waals surface area contributed by atoms with Crippen molar-refractivity contribution >= 4 is 12.0 Å². The first-order valence-corrected chi connectivity index (χ1v) is 10.0. The number of rotatable bonds is 8. The number of hydrogen-bond acceptors (Lipinski definition) is 6. The lowest BCUT2D eigenvalue weighted by Gasteiger charge is -2.23. The van der Waals surface area contributed by atoms with Crippen LogP contribution >= 0.6 is 0 Å². The lowest BCUT2D eigenvalue weighted by atomic mass is 10.1. The van der Waals surface area contributed by atoms with Crippen molar-refractivity contribution in [1.82, 2.24) is 15.0 Å². The second kappa shape index (κ2) is 9.93. The fourth-order valence-corrected chi connectivity index (χ4v) is 3.10. The van der Waals surface area contributed by atoms with Gasteiger partial charge < -0.3 is 18.9 Å². The van der Waals surface area contributed by atoms with E-state index in [1.165, 1.54) is 6.08 Å². The zero-order chi connectivity index (χ0) is 22.4. The largest absolute Gasteiger partial charge is 0.493 e. The third-order valence-corrected chi connectivity index (χ3v) is 4.78. The minimum absolute atomic E-state index is 0.0446. The molecule has 0 aliphatic heterocycles. The van der Waals surface area contributed by atoms with E-state index >= 15 is 0 Å². The van der Waals surface area contributed by atoms with Crippen LogP contribution in [-0.2, 0) is 11.3 Å². The molecule has 1 amide bonds. The molecule has 1 aromatic heterocycles. The highest BCUT2D eigenvalue weighted by Gasteiger charge is 2.19. The summed E-state index contributed by atoms with van der Waals surface area (Å²) in [5.74, 6) is 1.98. The minimum atomic E-state index is -0.153. The van der Waals surface area contributed by atoms with Gasteiger partial charge in [0.15, 0.2) is 11.5 Å². The Morgan fingerprint density at radius 2 is 1.90 bits per heavy atom. The molecule has 0 bridgehead atoms. The Labute approximate surface area is 182 Å². The van der Waals surface area contributed by atoms with Crippen molar-refractivity contribution in [2.45, 2.75) is 33.4 Å². The van der Waals surface area contributed by atoms with Gasteiger partial charge in [0.25, 0.3) is 0 Å². The Morgan fingerprint density at radius 1 is 1.13 bits per heavy atom. The monoisotopic (exact) mass is 421 g/mol. The maximum absolute atomic E-state index is 12.9. The Kier molecular flexibility index (Phi) is 7.07. The molecule has 0 atom stereocenters. The molecule has 162 valence electrons. The zero-order valence-electron chi connectivity index (χ0n) is 18.5. The van der Waals surface area contributed by atoms with Crippen LogP contribution in [0.1, 0.15) is 30.9 Å². The fraction of sp³-hybridized carbons (Fsp3) is 0.292. The Bertz CT molecular complexity index is 1070. The third kappa shape index (κ3) is 5.51. The van der Waals surface area contributed by atoms with Gasteiger partial charge in [-0.3, -0.25) is 4.79 Å². The Morgan fingerprint density at radius 3 is 2.58 bits per heavy atom. The van der Waals surface area contributed by atoms with Gasteiger partial charge in [0, 0.05) is 17.7 Å². The number of aryl methyl sites for hydroxylation is 1. The van der Waals surface area contributed by atoms with Crippen molar-refractivity contribution in [2.75, 3.05) is 14.2 Å². The lowest BCUT2D eigenvalue weighted by molar-refractivity contribution is -0.128. The molecular weight excluding hydrogens is 394 g/mol. The molecule has 0 fully saturated rings. The van der Waals surface area contributed by atoms with Gasteiger partial charge in [-0.1, -0.05) is 35.0 Å². The van der Waals surface area contributed by atoms with Crippen molar-refractivity contribution < 1.29 is 18.8 Å². The van der Waals surface area contributed by atoms with Gasteiger partial charge >= 0.3 is 0 Å². The molecule has 0 radical (unpaired) electrons. The maximum atomic E-state index is 12.9. The molecule has 0 aliphatic carbocycles. The maximum Gasteiger partial charge on any atom is 0.247 e. The molecule has 0 saturated heterocycles. The summed E-state index contributed by atoms with van der Waals surface area (Å²) < 4.78 is 16.0. The van der Waals surface area contributed by atoms with Crippen molar-refractivity contribution in [3.05, 3.63) is 65.6 Å². The van der Waals surface area contributed by atoms with E-state index in [1.54, 1.807) is 31.3 Å².